The fraction of sp³-hybridized carbons (Fsp3) is 0.500. The summed E-state index contributed by atoms with van der Waals surface area (Å²) in [5.74, 6) is 0.966. The van der Waals surface area contributed by atoms with Gasteiger partial charge in [0.2, 0.25) is 5.91 Å². The minimum atomic E-state index is -0.424. The molecular weight excluding hydrogens is 306 g/mol. The zero-order chi connectivity index (χ0) is 15.4. The lowest BCUT2D eigenvalue weighted by Gasteiger charge is -2.23. The molecule has 1 aliphatic heterocycles. The maximum Gasteiger partial charge on any atom is 0.250 e. The molecule has 0 bridgehead atoms. The van der Waals surface area contributed by atoms with Gasteiger partial charge in [-0.05, 0) is 20.3 Å². The van der Waals surface area contributed by atoms with Crippen LogP contribution in [0, 0.1) is 6.92 Å². The van der Waals surface area contributed by atoms with Gasteiger partial charge in [0.1, 0.15) is 6.04 Å². The van der Waals surface area contributed by atoms with Crippen molar-refractivity contribution in [3.05, 3.63) is 22.7 Å². The van der Waals surface area contributed by atoms with E-state index in [-0.39, 0.29) is 11.8 Å². The molecule has 2 heterocycles. The van der Waals surface area contributed by atoms with Crippen LogP contribution in [0.3, 0.4) is 0 Å². The summed E-state index contributed by atoms with van der Waals surface area (Å²) in [6, 6.07) is -0.424. The number of aryl methyl sites for hydroxylation is 1. The standard InChI is InChI=1S/C14H19N3O2S2/c1-4-5-9(2)13(19)17-8-20-7-11(17)12(18)16-14-15-10(3)6-21-14/h5-6,11H,4,7-8H2,1-3H3,(H,15,16,18)/b9-5+/t11-/m0/s1. The number of thioether (sulfide) groups is 1. The predicted molar refractivity (Wildman–Crippen MR) is 87.5 cm³/mol. The molecule has 114 valence electrons. The third-order valence-corrected chi connectivity index (χ3v) is 5.03. The van der Waals surface area contributed by atoms with Gasteiger partial charge in [-0.2, -0.15) is 0 Å². The van der Waals surface area contributed by atoms with E-state index < -0.39 is 6.04 Å². The van der Waals surface area contributed by atoms with Crippen molar-refractivity contribution < 1.29 is 9.59 Å². The largest absolute Gasteiger partial charge is 0.317 e. The Morgan fingerprint density at radius 2 is 2.33 bits per heavy atom. The van der Waals surface area contributed by atoms with Crippen molar-refractivity contribution in [3.8, 4) is 0 Å². The van der Waals surface area contributed by atoms with Gasteiger partial charge in [0.05, 0.1) is 11.6 Å². The lowest BCUT2D eigenvalue weighted by atomic mass is 10.2. The molecule has 21 heavy (non-hydrogen) atoms. The molecule has 1 fully saturated rings. The molecule has 0 radical (unpaired) electrons. The Bertz CT molecular complexity index is 568. The number of amides is 2. The molecule has 1 N–H and O–H groups in total. The van der Waals surface area contributed by atoms with Gasteiger partial charge >= 0.3 is 0 Å². The van der Waals surface area contributed by atoms with E-state index in [9.17, 15) is 9.59 Å². The van der Waals surface area contributed by atoms with Gasteiger partial charge in [0.25, 0.3) is 5.91 Å². The van der Waals surface area contributed by atoms with Crippen molar-refractivity contribution in [1.82, 2.24) is 9.88 Å². The molecule has 0 spiro atoms. The molecular formula is C14H19N3O2S2. The number of anilines is 1. The first-order valence-electron chi connectivity index (χ1n) is 6.81. The van der Waals surface area contributed by atoms with Gasteiger partial charge in [-0.25, -0.2) is 4.98 Å². The van der Waals surface area contributed by atoms with Crippen LogP contribution in [0.4, 0.5) is 5.13 Å². The van der Waals surface area contributed by atoms with Crippen molar-refractivity contribution in [2.24, 2.45) is 0 Å². The predicted octanol–water partition coefficient (Wildman–Crippen LogP) is 2.65. The summed E-state index contributed by atoms with van der Waals surface area (Å²) >= 11 is 2.99. The lowest BCUT2D eigenvalue weighted by Crippen LogP contribution is -2.44. The topological polar surface area (TPSA) is 62.3 Å². The van der Waals surface area contributed by atoms with Crippen LogP contribution in [0.2, 0.25) is 0 Å². The quantitative estimate of drug-likeness (QED) is 0.865. The Labute approximate surface area is 132 Å². The number of hydrogen-bond donors (Lipinski definition) is 1. The molecule has 1 aromatic rings. The number of nitrogens with one attached hydrogen (secondary N) is 1. The van der Waals surface area contributed by atoms with E-state index in [1.165, 1.54) is 11.3 Å². The van der Waals surface area contributed by atoms with Crippen molar-refractivity contribution in [2.45, 2.75) is 33.2 Å². The Balaban J connectivity index is 2.05. The van der Waals surface area contributed by atoms with Gasteiger partial charge in [-0.1, -0.05) is 13.0 Å². The van der Waals surface area contributed by atoms with E-state index in [2.05, 4.69) is 10.3 Å². The summed E-state index contributed by atoms with van der Waals surface area (Å²) in [7, 11) is 0. The number of hydrogen-bond acceptors (Lipinski definition) is 5. The second-order valence-corrected chi connectivity index (χ2v) is 6.73. The average molecular weight is 325 g/mol. The first kappa shape index (κ1) is 16.0. The first-order chi connectivity index (χ1) is 10.0. The molecule has 5 nitrogen and oxygen atoms in total. The number of allylic oxidation sites excluding steroid dienone is 1. The molecule has 1 saturated heterocycles. The number of rotatable bonds is 4. The highest BCUT2D eigenvalue weighted by Crippen LogP contribution is 2.24. The normalized spacial score (nSPS) is 18.9. The number of carbonyl (C=O) groups is 2. The van der Waals surface area contributed by atoms with Crippen molar-refractivity contribution in [1.29, 1.82) is 0 Å². The second kappa shape index (κ2) is 7.09. The maximum atomic E-state index is 12.4. The summed E-state index contributed by atoms with van der Waals surface area (Å²) in [6.45, 7) is 5.67. The second-order valence-electron chi connectivity index (χ2n) is 4.87. The number of nitrogens with zero attached hydrogens (tertiary/aromatic N) is 2. The number of carbonyl (C=O) groups excluding carboxylic acids is 2. The lowest BCUT2D eigenvalue weighted by molar-refractivity contribution is -0.133. The Morgan fingerprint density at radius 3 is 2.95 bits per heavy atom. The molecule has 0 aromatic carbocycles. The van der Waals surface area contributed by atoms with Crippen molar-refractivity contribution in [2.75, 3.05) is 16.9 Å². The molecule has 1 aromatic heterocycles. The fourth-order valence-electron chi connectivity index (χ4n) is 2.08. The Hall–Kier alpha value is -1.34. The van der Waals surface area contributed by atoms with Crippen LogP contribution in [-0.2, 0) is 9.59 Å². The molecule has 1 aliphatic rings. The van der Waals surface area contributed by atoms with Gasteiger partial charge < -0.3 is 10.2 Å². The van der Waals surface area contributed by atoms with E-state index in [0.29, 0.717) is 22.3 Å². The molecule has 2 rings (SSSR count). The van der Waals surface area contributed by atoms with Gasteiger partial charge in [0.15, 0.2) is 5.13 Å². The fourth-order valence-corrected chi connectivity index (χ4v) is 3.93. The summed E-state index contributed by atoms with van der Waals surface area (Å²) in [5.41, 5.74) is 1.58. The number of thiazole rings is 1. The van der Waals surface area contributed by atoms with Crippen LogP contribution in [0.25, 0.3) is 0 Å². The maximum absolute atomic E-state index is 12.4. The van der Waals surface area contributed by atoms with E-state index in [4.69, 9.17) is 0 Å². The van der Waals surface area contributed by atoms with Crippen molar-refractivity contribution in [3.63, 3.8) is 0 Å². The van der Waals surface area contributed by atoms with Crippen molar-refractivity contribution >= 4 is 40.0 Å². The van der Waals surface area contributed by atoms with Gasteiger partial charge in [-0.15, -0.1) is 23.1 Å². The molecule has 0 saturated carbocycles. The van der Waals surface area contributed by atoms with Crippen LogP contribution in [0.1, 0.15) is 26.0 Å². The zero-order valence-corrected chi connectivity index (χ0v) is 14.0. The third-order valence-electron chi connectivity index (χ3n) is 3.14. The summed E-state index contributed by atoms with van der Waals surface area (Å²) in [6.07, 6.45) is 2.71. The highest BCUT2D eigenvalue weighted by Gasteiger charge is 2.35. The Kier molecular flexibility index (Phi) is 5.41. The van der Waals surface area contributed by atoms with Crippen LogP contribution in [-0.4, -0.2) is 39.4 Å². The smallest absolute Gasteiger partial charge is 0.250 e. The first-order valence-corrected chi connectivity index (χ1v) is 8.84. The molecule has 2 amide bonds. The molecule has 0 aliphatic carbocycles. The summed E-state index contributed by atoms with van der Waals surface area (Å²) < 4.78 is 0. The third kappa shape index (κ3) is 3.85. The highest BCUT2D eigenvalue weighted by molar-refractivity contribution is 7.99. The summed E-state index contributed by atoms with van der Waals surface area (Å²) in [5, 5.41) is 5.27. The van der Waals surface area contributed by atoms with E-state index in [1.54, 1.807) is 23.6 Å². The van der Waals surface area contributed by atoms with Crippen LogP contribution in [0.5, 0.6) is 0 Å². The minimum Gasteiger partial charge on any atom is -0.317 e. The van der Waals surface area contributed by atoms with Gasteiger partial charge in [-0.3, -0.25) is 9.59 Å². The number of aromatic nitrogens is 1. The minimum absolute atomic E-state index is 0.0580. The van der Waals surface area contributed by atoms with Crippen LogP contribution >= 0.6 is 23.1 Å². The molecule has 7 heteroatoms. The summed E-state index contributed by atoms with van der Waals surface area (Å²) in [4.78, 5) is 30.6. The molecule has 1 atom stereocenters. The van der Waals surface area contributed by atoms with Crippen LogP contribution < -0.4 is 5.32 Å². The van der Waals surface area contributed by atoms with E-state index >= 15 is 0 Å². The zero-order valence-electron chi connectivity index (χ0n) is 12.4. The SMILES string of the molecule is CC/C=C(\C)C(=O)N1CSC[C@H]1C(=O)Nc1nc(C)cs1. The Morgan fingerprint density at radius 1 is 1.57 bits per heavy atom. The van der Waals surface area contributed by atoms with E-state index in [0.717, 1.165) is 12.1 Å². The molecule has 0 unspecified atom stereocenters. The van der Waals surface area contributed by atoms with E-state index in [1.807, 2.05) is 25.3 Å². The van der Waals surface area contributed by atoms with Gasteiger partial charge in [0, 0.05) is 16.7 Å². The average Bonchev–Trinajstić information content (AvgIpc) is 3.07. The monoisotopic (exact) mass is 325 g/mol. The highest BCUT2D eigenvalue weighted by atomic mass is 32.2. The van der Waals surface area contributed by atoms with Crippen LogP contribution in [0.15, 0.2) is 17.0 Å².